The SMILES string of the molecule is CC(=O)CC(=O)Nc1ccc(C=CCNC(=O)OCc2ccccc2)cc1. The molecule has 0 radical (unpaired) electrons. The van der Waals surface area contributed by atoms with Crippen molar-refractivity contribution in [3.05, 3.63) is 71.8 Å². The summed E-state index contributed by atoms with van der Waals surface area (Å²) in [6.07, 6.45) is 3.03. The Morgan fingerprint density at radius 2 is 1.70 bits per heavy atom. The number of hydrogen-bond donors (Lipinski definition) is 2. The number of Topliss-reactive ketones (excluding diaryl/α,β-unsaturated/α-hetero) is 1. The van der Waals surface area contributed by atoms with Gasteiger partial charge in [-0.2, -0.15) is 0 Å². The molecule has 2 aromatic carbocycles. The Morgan fingerprint density at radius 1 is 1.00 bits per heavy atom. The predicted molar refractivity (Wildman–Crippen MR) is 104 cm³/mol. The maximum absolute atomic E-state index is 11.6. The zero-order valence-corrected chi connectivity index (χ0v) is 15.1. The smallest absolute Gasteiger partial charge is 0.407 e. The predicted octanol–water partition coefficient (Wildman–Crippen LogP) is 3.54. The number of alkyl carbamates (subject to hydrolysis) is 1. The van der Waals surface area contributed by atoms with Crippen LogP contribution in [0.15, 0.2) is 60.7 Å². The molecule has 6 heteroatoms. The average molecular weight is 366 g/mol. The lowest BCUT2D eigenvalue weighted by Crippen LogP contribution is -2.24. The first kappa shape index (κ1) is 19.9. The maximum Gasteiger partial charge on any atom is 0.407 e. The molecule has 0 heterocycles. The van der Waals surface area contributed by atoms with Crippen molar-refractivity contribution in [3.63, 3.8) is 0 Å². The Morgan fingerprint density at radius 3 is 2.37 bits per heavy atom. The van der Waals surface area contributed by atoms with Crippen molar-refractivity contribution in [2.24, 2.45) is 0 Å². The van der Waals surface area contributed by atoms with Gasteiger partial charge in [0.2, 0.25) is 5.91 Å². The van der Waals surface area contributed by atoms with Crippen molar-refractivity contribution in [2.75, 3.05) is 11.9 Å². The first-order valence-electron chi connectivity index (χ1n) is 8.53. The van der Waals surface area contributed by atoms with Gasteiger partial charge in [0.1, 0.15) is 12.4 Å². The van der Waals surface area contributed by atoms with Gasteiger partial charge in [0.25, 0.3) is 0 Å². The van der Waals surface area contributed by atoms with Gasteiger partial charge in [0.15, 0.2) is 0 Å². The highest BCUT2D eigenvalue weighted by Gasteiger charge is 2.05. The monoisotopic (exact) mass is 366 g/mol. The zero-order valence-electron chi connectivity index (χ0n) is 15.1. The number of amides is 2. The third-order valence-electron chi connectivity index (χ3n) is 3.49. The highest BCUT2D eigenvalue weighted by molar-refractivity contribution is 6.03. The second kappa shape index (κ2) is 10.6. The summed E-state index contributed by atoms with van der Waals surface area (Å²) in [5.41, 5.74) is 2.47. The lowest BCUT2D eigenvalue weighted by Gasteiger charge is -2.05. The molecule has 0 aliphatic rings. The van der Waals surface area contributed by atoms with Gasteiger partial charge in [-0.1, -0.05) is 54.6 Å². The van der Waals surface area contributed by atoms with Crippen molar-refractivity contribution in [3.8, 4) is 0 Å². The van der Waals surface area contributed by atoms with E-state index >= 15 is 0 Å². The number of nitrogens with one attached hydrogen (secondary N) is 2. The van der Waals surface area contributed by atoms with Crippen molar-refractivity contribution in [1.82, 2.24) is 5.32 Å². The molecule has 140 valence electrons. The van der Waals surface area contributed by atoms with Gasteiger partial charge in [-0.25, -0.2) is 4.79 Å². The van der Waals surface area contributed by atoms with Crippen molar-refractivity contribution in [1.29, 1.82) is 0 Å². The number of benzene rings is 2. The highest BCUT2D eigenvalue weighted by atomic mass is 16.5. The number of rotatable bonds is 8. The first-order valence-corrected chi connectivity index (χ1v) is 8.53. The van der Waals surface area contributed by atoms with Crippen LogP contribution in [0.2, 0.25) is 0 Å². The second-order valence-electron chi connectivity index (χ2n) is 5.89. The molecule has 0 fully saturated rings. The van der Waals surface area contributed by atoms with Gasteiger partial charge in [-0.3, -0.25) is 9.59 Å². The normalized spacial score (nSPS) is 10.4. The molecule has 0 atom stereocenters. The molecule has 0 spiro atoms. The van der Waals surface area contributed by atoms with Crippen LogP contribution < -0.4 is 10.6 Å². The molecule has 2 N–H and O–H groups in total. The molecule has 0 unspecified atom stereocenters. The van der Waals surface area contributed by atoms with Crippen LogP contribution in [0.25, 0.3) is 6.08 Å². The number of ketones is 1. The van der Waals surface area contributed by atoms with E-state index in [1.807, 2.05) is 48.5 Å². The Labute approximate surface area is 158 Å². The summed E-state index contributed by atoms with van der Waals surface area (Å²) in [5.74, 6) is -0.508. The van der Waals surface area contributed by atoms with Gasteiger partial charge >= 0.3 is 6.09 Å². The molecule has 2 amide bonds. The first-order chi connectivity index (χ1) is 13.0. The fourth-order valence-corrected chi connectivity index (χ4v) is 2.22. The summed E-state index contributed by atoms with van der Waals surface area (Å²) in [6, 6.07) is 16.6. The van der Waals surface area contributed by atoms with Crippen LogP contribution in [0, 0.1) is 0 Å². The molecule has 0 aliphatic heterocycles. The van der Waals surface area contributed by atoms with Gasteiger partial charge in [-0.05, 0) is 30.2 Å². The van der Waals surface area contributed by atoms with Crippen LogP contribution in [0.5, 0.6) is 0 Å². The summed E-state index contributed by atoms with van der Waals surface area (Å²) in [4.78, 5) is 34.0. The van der Waals surface area contributed by atoms with Crippen LogP contribution in [-0.4, -0.2) is 24.3 Å². The molecular formula is C21H22N2O4. The maximum atomic E-state index is 11.6. The van der Waals surface area contributed by atoms with Gasteiger partial charge in [-0.15, -0.1) is 0 Å². The van der Waals surface area contributed by atoms with Crippen molar-refractivity contribution >= 4 is 29.5 Å². The fraction of sp³-hybridized carbons (Fsp3) is 0.190. The number of carbonyl (C=O) groups is 3. The number of ether oxygens (including phenoxy) is 1. The molecule has 2 rings (SSSR count). The third-order valence-corrected chi connectivity index (χ3v) is 3.49. The molecule has 0 aliphatic carbocycles. The number of anilines is 1. The van der Waals surface area contributed by atoms with E-state index in [-0.39, 0.29) is 24.7 Å². The van der Waals surface area contributed by atoms with E-state index in [9.17, 15) is 14.4 Å². The van der Waals surface area contributed by atoms with Crippen molar-refractivity contribution < 1.29 is 19.1 Å². The van der Waals surface area contributed by atoms with E-state index in [1.54, 1.807) is 18.2 Å². The Kier molecular flexibility index (Phi) is 7.78. The van der Waals surface area contributed by atoms with Gasteiger partial charge in [0, 0.05) is 12.2 Å². The van der Waals surface area contributed by atoms with Crippen LogP contribution in [-0.2, 0) is 20.9 Å². The minimum atomic E-state index is -0.480. The molecule has 27 heavy (non-hydrogen) atoms. The largest absolute Gasteiger partial charge is 0.445 e. The third kappa shape index (κ3) is 8.00. The summed E-state index contributed by atoms with van der Waals surface area (Å²) >= 11 is 0. The minimum absolute atomic E-state index is 0.131. The average Bonchev–Trinajstić information content (AvgIpc) is 2.65. The highest BCUT2D eigenvalue weighted by Crippen LogP contribution is 2.11. The molecule has 0 aromatic heterocycles. The van der Waals surface area contributed by atoms with Crippen molar-refractivity contribution in [2.45, 2.75) is 20.0 Å². The Hall–Kier alpha value is -3.41. The molecule has 0 saturated carbocycles. The van der Waals surface area contributed by atoms with E-state index in [0.29, 0.717) is 12.2 Å². The van der Waals surface area contributed by atoms with E-state index in [2.05, 4.69) is 10.6 Å². The molecule has 0 bridgehead atoms. The Balaban J connectivity index is 1.70. The topological polar surface area (TPSA) is 84.5 Å². The fourth-order valence-electron chi connectivity index (χ4n) is 2.22. The van der Waals surface area contributed by atoms with E-state index < -0.39 is 6.09 Å². The van der Waals surface area contributed by atoms with Crippen LogP contribution in [0.3, 0.4) is 0 Å². The summed E-state index contributed by atoms with van der Waals surface area (Å²) in [6.45, 7) is 1.94. The summed E-state index contributed by atoms with van der Waals surface area (Å²) in [7, 11) is 0. The Bertz CT molecular complexity index is 799. The van der Waals surface area contributed by atoms with E-state index in [1.165, 1.54) is 6.92 Å². The lowest BCUT2D eigenvalue weighted by atomic mass is 10.2. The van der Waals surface area contributed by atoms with Gasteiger partial charge in [0.05, 0.1) is 6.42 Å². The van der Waals surface area contributed by atoms with E-state index in [4.69, 9.17) is 4.74 Å². The second-order valence-corrected chi connectivity index (χ2v) is 5.89. The van der Waals surface area contributed by atoms with Crippen LogP contribution >= 0.6 is 0 Å². The quantitative estimate of drug-likeness (QED) is 0.700. The molecule has 6 nitrogen and oxygen atoms in total. The minimum Gasteiger partial charge on any atom is -0.445 e. The molecular weight excluding hydrogens is 344 g/mol. The zero-order chi connectivity index (χ0) is 19.5. The van der Waals surface area contributed by atoms with Crippen LogP contribution in [0.4, 0.5) is 10.5 Å². The molecule has 0 saturated heterocycles. The standard InChI is InChI=1S/C21H22N2O4/c1-16(24)14-20(25)23-19-11-9-17(10-12-19)8-5-13-22-21(26)27-15-18-6-3-2-4-7-18/h2-12H,13-15H2,1H3,(H,22,26)(H,23,25). The summed E-state index contributed by atoms with van der Waals surface area (Å²) < 4.78 is 5.11. The lowest BCUT2D eigenvalue weighted by molar-refractivity contribution is -0.124. The number of hydrogen-bond acceptors (Lipinski definition) is 4. The van der Waals surface area contributed by atoms with Gasteiger partial charge < -0.3 is 15.4 Å². The molecule has 2 aromatic rings. The van der Waals surface area contributed by atoms with E-state index in [0.717, 1.165) is 11.1 Å². The summed E-state index contributed by atoms with van der Waals surface area (Å²) in [5, 5.41) is 5.29. The van der Waals surface area contributed by atoms with Crippen LogP contribution in [0.1, 0.15) is 24.5 Å². The number of carbonyl (C=O) groups excluding carboxylic acids is 3.